The summed E-state index contributed by atoms with van der Waals surface area (Å²) in [4.78, 5) is 39.1. The van der Waals surface area contributed by atoms with E-state index in [2.05, 4.69) is 22.5 Å². The standard InChI is InChI=1S/C27H33FN4O5/c1-5-10-20-21(28)13-9-14-22(20)37-16-15-30-17(2)27(36)32(4)24(18(3)33)26(35)31-23(25(29)34)19-11-7-6-8-12-19/h6-9,11-14,17-18,23-24,30,33H,15-16H2,1-4H3,(H2,29,34)(H,31,35). The second-order valence-corrected chi connectivity index (χ2v) is 8.40. The fourth-order valence-corrected chi connectivity index (χ4v) is 3.75. The van der Waals surface area contributed by atoms with Crippen molar-refractivity contribution in [2.75, 3.05) is 20.2 Å². The fourth-order valence-electron chi connectivity index (χ4n) is 3.75. The molecular weight excluding hydrogens is 479 g/mol. The Balaban J connectivity index is 2.00. The molecule has 37 heavy (non-hydrogen) atoms. The van der Waals surface area contributed by atoms with Gasteiger partial charge in [-0.25, -0.2) is 4.39 Å². The number of ether oxygens (including phenoxy) is 1. The summed E-state index contributed by atoms with van der Waals surface area (Å²) in [6.07, 6.45) is -1.24. The molecule has 2 rings (SSSR count). The third kappa shape index (κ3) is 8.03. The molecule has 0 radical (unpaired) electrons. The van der Waals surface area contributed by atoms with Crippen molar-refractivity contribution in [3.05, 3.63) is 65.5 Å². The van der Waals surface area contributed by atoms with Crippen molar-refractivity contribution in [1.29, 1.82) is 0 Å². The third-order valence-electron chi connectivity index (χ3n) is 5.60. The van der Waals surface area contributed by atoms with E-state index in [0.29, 0.717) is 11.3 Å². The van der Waals surface area contributed by atoms with Crippen molar-refractivity contribution in [1.82, 2.24) is 15.5 Å². The monoisotopic (exact) mass is 512 g/mol. The lowest BCUT2D eigenvalue weighted by molar-refractivity contribution is -0.144. The van der Waals surface area contributed by atoms with Gasteiger partial charge in [-0.3, -0.25) is 14.4 Å². The highest BCUT2D eigenvalue weighted by Crippen LogP contribution is 2.20. The number of halogens is 1. The Kier molecular flexibility index (Phi) is 11.1. The van der Waals surface area contributed by atoms with Gasteiger partial charge in [-0.05, 0) is 38.5 Å². The van der Waals surface area contributed by atoms with E-state index in [0.717, 1.165) is 4.90 Å². The van der Waals surface area contributed by atoms with Crippen LogP contribution in [0.25, 0.3) is 0 Å². The molecule has 0 spiro atoms. The fraction of sp³-hybridized carbons (Fsp3) is 0.370. The second kappa shape index (κ2) is 14.0. The number of likely N-dealkylation sites (N-methyl/N-ethyl adjacent to an activating group) is 1. The van der Waals surface area contributed by atoms with Crippen molar-refractivity contribution in [2.45, 2.75) is 45.0 Å². The highest BCUT2D eigenvalue weighted by atomic mass is 19.1. The van der Waals surface area contributed by atoms with Crippen LogP contribution in [0.1, 0.15) is 37.9 Å². The van der Waals surface area contributed by atoms with Crippen molar-refractivity contribution < 1.29 is 28.6 Å². The smallest absolute Gasteiger partial charge is 0.246 e. The Morgan fingerprint density at radius 1 is 1.14 bits per heavy atom. The van der Waals surface area contributed by atoms with Gasteiger partial charge in [0.25, 0.3) is 0 Å². The number of benzene rings is 2. The molecule has 0 saturated carbocycles. The van der Waals surface area contributed by atoms with Crippen LogP contribution < -0.4 is 21.1 Å². The minimum atomic E-state index is -1.28. The first-order valence-corrected chi connectivity index (χ1v) is 11.7. The molecule has 0 fully saturated rings. The topological polar surface area (TPSA) is 134 Å². The summed E-state index contributed by atoms with van der Waals surface area (Å²) >= 11 is 0. The molecule has 0 aliphatic rings. The maximum absolute atomic E-state index is 14.0. The number of nitrogens with one attached hydrogen (secondary N) is 2. The number of amides is 3. The summed E-state index contributed by atoms with van der Waals surface area (Å²) < 4.78 is 19.6. The highest BCUT2D eigenvalue weighted by Gasteiger charge is 2.35. The molecule has 4 atom stereocenters. The largest absolute Gasteiger partial charge is 0.491 e. The molecule has 4 unspecified atom stereocenters. The van der Waals surface area contributed by atoms with Crippen LogP contribution in [-0.2, 0) is 14.4 Å². The average Bonchev–Trinajstić information content (AvgIpc) is 2.86. The molecule has 5 N–H and O–H groups in total. The predicted molar refractivity (Wildman–Crippen MR) is 137 cm³/mol. The first-order valence-electron chi connectivity index (χ1n) is 11.7. The van der Waals surface area contributed by atoms with E-state index >= 15 is 0 Å². The summed E-state index contributed by atoms with van der Waals surface area (Å²) in [5.74, 6) is 3.13. The van der Waals surface area contributed by atoms with Gasteiger partial charge in [-0.1, -0.05) is 42.3 Å². The summed E-state index contributed by atoms with van der Waals surface area (Å²) in [6, 6.07) is 9.68. The number of carbonyl (C=O) groups is 3. The van der Waals surface area contributed by atoms with Gasteiger partial charge < -0.3 is 31.1 Å². The van der Waals surface area contributed by atoms with Crippen LogP contribution in [0.15, 0.2) is 48.5 Å². The van der Waals surface area contributed by atoms with Gasteiger partial charge in [0.2, 0.25) is 17.7 Å². The molecule has 3 amide bonds. The maximum atomic E-state index is 14.0. The van der Waals surface area contributed by atoms with E-state index in [9.17, 15) is 23.9 Å². The first kappa shape index (κ1) is 29.3. The van der Waals surface area contributed by atoms with Crippen LogP contribution in [0.3, 0.4) is 0 Å². The number of nitrogens with zero attached hydrogens (tertiary/aromatic N) is 1. The molecule has 0 saturated heterocycles. The van der Waals surface area contributed by atoms with Gasteiger partial charge in [-0.2, -0.15) is 0 Å². The normalized spacial score (nSPS) is 13.8. The van der Waals surface area contributed by atoms with Gasteiger partial charge in [0.1, 0.15) is 35.8 Å². The molecule has 10 heteroatoms. The van der Waals surface area contributed by atoms with Crippen LogP contribution in [-0.4, -0.2) is 66.1 Å². The van der Waals surface area contributed by atoms with E-state index in [1.807, 2.05) is 0 Å². The molecule has 2 aromatic carbocycles. The number of hydrogen-bond donors (Lipinski definition) is 4. The van der Waals surface area contributed by atoms with Gasteiger partial charge in [0.15, 0.2) is 0 Å². The van der Waals surface area contributed by atoms with Crippen LogP contribution in [0, 0.1) is 17.7 Å². The molecular formula is C27H33FN4O5. The lowest BCUT2D eigenvalue weighted by Crippen LogP contribution is -2.57. The number of aliphatic hydroxyl groups is 1. The van der Waals surface area contributed by atoms with Crippen LogP contribution >= 0.6 is 0 Å². The summed E-state index contributed by atoms with van der Waals surface area (Å²) in [6.45, 7) is 4.93. The highest BCUT2D eigenvalue weighted by molar-refractivity contribution is 5.93. The Labute approximate surface area is 216 Å². The van der Waals surface area contributed by atoms with Gasteiger partial charge in [-0.15, -0.1) is 5.92 Å². The van der Waals surface area contributed by atoms with E-state index in [-0.39, 0.29) is 18.7 Å². The van der Waals surface area contributed by atoms with Crippen LogP contribution in [0.5, 0.6) is 5.75 Å². The molecule has 2 aromatic rings. The predicted octanol–water partition coefficient (Wildman–Crippen LogP) is 1.10. The lowest BCUT2D eigenvalue weighted by Gasteiger charge is -2.32. The number of primary amides is 1. The zero-order chi connectivity index (χ0) is 27.5. The van der Waals surface area contributed by atoms with Crippen molar-refractivity contribution in [3.8, 4) is 17.6 Å². The Hall–Kier alpha value is -3.94. The molecule has 198 valence electrons. The summed E-state index contributed by atoms with van der Waals surface area (Å²) in [5.41, 5.74) is 6.11. The number of aliphatic hydroxyl groups excluding tert-OH is 1. The van der Waals surface area contributed by atoms with E-state index in [4.69, 9.17) is 10.5 Å². The minimum absolute atomic E-state index is 0.126. The Morgan fingerprint density at radius 2 is 1.81 bits per heavy atom. The Morgan fingerprint density at radius 3 is 2.41 bits per heavy atom. The number of rotatable bonds is 12. The van der Waals surface area contributed by atoms with Gasteiger partial charge >= 0.3 is 0 Å². The molecule has 0 aromatic heterocycles. The average molecular weight is 513 g/mol. The number of carbonyl (C=O) groups excluding carboxylic acids is 3. The summed E-state index contributed by atoms with van der Waals surface area (Å²) in [7, 11) is 1.39. The van der Waals surface area contributed by atoms with Crippen LogP contribution in [0.2, 0.25) is 0 Å². The number of nitrogens with two attached hydrogens (primary N) is 1. The maximum Gasteiger partial charge on any atom is 0.246 e. The van der Waals surface area contributed by atoms with E-state index < -0.39 is 47.8 Å². The van der Waals surface area contributed by atoms with Crippen molar-refractivity contribution in [3.63, 3.8) is 0 Å². The number of hydrogen-bond acceptors (Lipinski definition) is 6. The Bertz CT molecular complexity index is 1150. The SMILES string of the molecule is CC#Cc1c(F)cccc1OCCNC(C)C(=O)N(C)C(C(=O)NC(C(N)=O)c1ccccc1)C(C)O. The van der Waals surface area contributed by atoms with Gasteiger partial charge in [0, 0.05) is 13.6 Å². The first-order chi connectivity index (χ1) is 17.6. The second-order valence-electron chi connectivity index (χ2n) is 8.40. The van der Waals surface area contributed by atoms with Crippen molar-refractivity contribution in [2.24, 2.45) is 5.73 Å². The van der Waals surface area contributed by atoms with Crippen molar-refractivity contribution >= 4 is 17.7 Å². The van der Waals surface area contributed by atoms with Gasteiger partial charge in [0.05, 0.1) is 12.1 Å². The van der Waals surface area contributed by atoms with Crippen LogP contribution in [0.4, 0.5) is 4.39 Å². The lowest BCUT2D eigenvalue weighted by atomic mass is 10.0. The third-order valence-corrected chi connectivity index (χ3v) is 5.60. The zero-order valence-corrected chi connectivity index (χ0v) is 21.3. The molecule has 0 aliphatic heterocycles. The minimum Gasteiger partial charge on any atom is -0.491 e. The zero-order valence-electron chi connectivity index (χ0n) is 21.3. The summed E-state index contributed by atoms with van der Waals surface area (Å²) in [5, 5.41) is 15.8. The quantitative estimate of drug-likeness (QED) is 0.249. The molecule has 9 nitrogen and oxygen atoms in total. The molecule has 0 heterocycles. The van der Waals surface area contributed by atoms with E-state index in [1.165, 1.54) is 26.1 Å². The van der Waals surface area contributed by atoms with E-state index in [1.54, 1.807) is 50.2 Å². The molecule has 0 bridgehead atoms. The molecule has 0 aliphatic carbocycles.